The number of hydrogen-bond acceptors (Lipinski definition) is 3. The number of nitrogens with one attached hydrogen (secondary N) is 1. The number of benzene rings is 1. The van der Waals surface area contributed by atoms with Crippen LogP contribution >= 0.6 is 11.6 Å². The molecule has 20 heavy (non-hydrogen) atoms. The van der Waals surface area contributed by atoms with Crippen LogP contribution in [0.3, 0.4) is 0 Å². The first-order valence-corrected chi connectivity index (χ1v) is 7.24. The summed E-state index contributed by atoms with van der Waals surface area (Å²) in [7, 11) is 0. The van der Waals surface area contributed by atoms with Crippen molar-refractivity contribution in [3.05, 3.63) is 63.9 Å². The summed E-state index contributed by atoms with van der Waals surface area (Å²) in [6.07, 6.45) is 3.98. The van der Waals surface area contributed by atoms with Crippen molar-refractivity contribution in [2.24, 2.45) is 5.84 Å². The van der Waals surface area contributed by atoms with E-state index in [9.17, 15) is 0 Å². The zero-order valence-electron chi connectivity index (χ0n) is 11.4. The number of pyridine rings is 1. The zero-order valence-corrected chi connectivity index (χ0v) is 12.2. The van der Waals surface area contributed by atoms with Crippen LogP contribution in [0.4, 0.5) is 0 Å². The molecule has 0 fully saturated rings. The van der Waals surface area contributed by atoms with Gasteiger partial charge in [0, 0.05) is 22.8 Å². The minimum Gasteiger partial charge on any atom is -0.271 e. The predicted molar refractivity (Wildman–Crippen MR) is 81.6 cm³/mol. The molecule has 3 nitrogen and oxygen atoms in total. The van der Waals surface area contributed by atoms with Crippen LogP contribution in [0.5, 0.6) is 0 Å². The molecule has 2 unspecified atom stereocenters. The van der Waals surface area contributed by atoms with Gasteiger partial charge in [0.1, 0.15) is 0 Å². The van der Waals surface area contributed by atoms with Crippen LogP contribution in [0.1, 0.15) is 40.8 Å². The Balaban J connectivity index is 1.99. The van der Waals surface area contributed by atoms with E-state index >= 15 is 0 Å². The van der Waals surface area contributed by atoms with Crippen molar-refractivity contribution in [3.8, 4) is 0 Å². The molecule has 0 amide bonds. The first-order chi connectivity index (χ1) is 9.69. The van der Waals surface area contributed by atoms with Crippen molar-refractivity contribution < 1.29 is 0 Å². The number of hydrogen-bond donors (Lipinski definition) is 2. The molecule has 2 atom stereocenters. The molecule has 0 saturated heterocycles. The maximum absolute atomic E-state index is 6.17. The minimum atomic E-state index is 0.0450. The van der Waals surface area contributed by atoms with Gasteiger partial charge in [0.15, 0.2) is 0 Å². The normalized spacial score (nSPS) is 18.9. The van der Waals surface area contributed by atoms with E-state index in [1.165, 1.54) is 5.56 Å². The molecular formula is C16H18ClN3. The van der Waals surface area contributed by atoms with Crippen molar-refractivity contribution in [2.75, 3.05) is 0 Å². The smallest absolute Gasteiger partial charge is 0.0544 e. The zero-order chi connectivity index (χ0) is 14.1. The number of halogens is 1. The van der Waals surface area contributed by atoms with Crippen LogP contribution in [-0.2, 0) is 6.42 Å². The molecule has 104 valence electrons. The van der Waals surface area contributed by atoms with Crippen molar-refractivity contribution >= 4 is 11.6 Å². The molecule has 0 bridgehead atoms. The van der Waals surface area contributed by atoms with Gasteiger partial charge in [-0.25, -0.2) is 0 Å². The molecule has 0 spiro atoms. The summed E-state index contributed by atoms with van der Waals surface area (Å²) >= 11 is 6.17. The van der Waals surface area contributed by atoms with Crippen LogP contribution in [0.2, 0.25) is 5.02 Å². The molecule has 3 N–H and O–H groups in total. The number of nitrogens with two attached hydrogens (primary N) is 1. The summed E-state index contributed by atoms with van der Waals surface area (Å²) in [6, 6.07) is 10.3. The Kier molecular flexibility index (Phi) is 3.74. The largest absolute Gasteiger partial charge is 0.271 e. The highest BCUT2D eigenvalue weighted by Crippen LogP contribution is 2.40. The van der Waals surface area contributed by atoms with E-state index in [0.717, 1.165) is 34.7 Å². The Bertz CT molecular complexity index is 607. The molecule has 1 aliphatic carbocycles. The van der Waals surface area contributed by atoms with Gasteiger partial charge in [-0.2, -0.15) is 0 Å². The topological polar surface area (TPSA) is 50.9 Å². The molecule has 0 aliphatic heterocycles. The Hall–Kier alpha value is -1.42. The number of fused-ring (bicyclic) bond motifs is 1. The molecule has 1 aromatic heterocycles. The Morgan fingerprint density at radius 2 is 2.25 bits per heavy atom. The fraction of sp³-hybridized carbons (Fsp3) is 0.312. The van der Waals surface area contributed by atoms with Crippen molar-refractivity contribution in [1.82, 2.24) is 10.4 Å². The van der Waals surface area contributed by atoms with Gasteiger partial charge in [0.2, 0.25) is 0 Å². The van der Waals surface area contributed by atoms with E-state index in [1.54, 1.807) is 0 Å². The van der Waals surface area contributed by atoms with E-state index in [4.69, 9.17) is 17.4 Å². The summed E-state index contributed by atoms with van der Waals surface area (Å²) < 4.78 is 0. The lowest BCUT2D eigenvalue weighted by molar-refractivity contribution is 0.447. The average molecular weight is 288 g/mol. The van der Waals surface area contributed by atoms with Gasteiger partial charge in [-0.15, -0.1) is 0 Å². The first-order valence-electron chi connectivity index (χ1n) is 6.86. The lowest BCUT2D eigenvalue weighted by Gasteiger charge is -2.24. The molecule has 1 aliphatic rings. The monoisotopic (exact) mass is 287 g/mol. The lowest BCUT2D eigenvalue weighted by Crippen LogP contribution is -2.32. The summed E-state index contributed by atoms with van der Waals surface area (Å²) in [5.41, 5.74) is 7.72. The van der Waals surface area contributed by atoms with Gasteiger partial charge in [-0.05, 0) is 54.7 Å². The van der Waals surface area contributed by atoms with Crippen molar-refractivity contribution in [3.63, 3.8) is 0 Å². The maximum atomic E-state index is 6.17. The third-order valence-electron chi connectivity index (χ3n) is 4.01. The number of aryl methyl sites for hydroxylation is 2. The predicted octanol–water partition coefficient (Wildman–Crippen LogP) is 3.28. The van der Waals surface area contributed by atoms with Crippen LogP contribution in [0.15, 0.2) is 36.5 Å². The van der Waals surface area contributed by atoms with E-state index in [1.807, 2.05) is 31.3 Å². The third-order valence-corrected chi connectivity index (χ3v) is 4.23. The maximum Gasteiger partial charge on any atom is 0.0544 e. The second kappa shape index (κ2) is 5.52. The molecule has 4 heteroatoms. The molecule has 3 rings (SSSR count). The molecule has 1 aromatic carbocycles. The Morgan fingerprint density at radius 1 is 1.40 bits per heavy atom. The van der Waals surface area contributed by atoms with Gasteiger partial charge in [0.25, 0.3) is 0 Å². The summed E-state index contributed by atoms with van der Waals surface area (Å²) in [4.78, 5) is 4.55. The first kappa shape index (κ1) is 13.6. The van der Waals surface area contributed by atoms with Gasteiger partial charge in [-0.3, -0.25) is 16.3 Å². The van der Waals surface area contributed by atoms with Crippen LogP contribution in [-0.4, -0.2) is 4.98 Å². The van der Waals surface area contributed by atoms with E-state index in [0.29, 0.717) is 5.92 Å². The standard InChI is InChI=1S/C16H18ClN3/c1-10-7-12(9-13(17)8-10)16(20-18)14-5-4-11-3-2-6-19-15(11)14/h2-3,6-9,14,16,20H,4-5,18H2,1H3. The quantitative estimate of drug-likeness (QED) is 0.673. The summed E-state index contributed by atoms with van der Waals surface area (Å²) in [5.74, 6) is 6.12. The van der Waals surface area contributed by atoms with E-state index < -0.39 is 0 Å². The minimum absolute atomic E-state index is 0.0450. The fourth-order valence-electron chi connectivity index (χ4n) is 3.16. The molecule has 0 radical (unpaired) electrons. The highest BCUT2D eigenvalue weighted by Gasteiger charge is 2.31. The number of rotatable bonds is 3. The van der Waals surface area contributed by atoms with Gasteiger partial charge in [-0.1, -0.05) is 23.7 Å². The summed E-state index contributed by atoms with van der Waals surface area (Å²) in [6.45, 7) is 2.05. The highest BCUT2D eigenvalue weighted by atomic mass is 35.5. The number of hydrazine groups is 1. The van der Waals surface area contributed by atoms with E-state index in [-0.39, 0.29) is 6.04 Å². The van der Waals surface area contributed by atoms with Crippen LogP contribution in [0.25, 0.3) is 0 Å². The lowest BCUT2D eigenvalue weighted by atomic mass is 9.90. The van der Waals surface area contributed by atoms with Gasteiger partial charge in [0.05, 0.1) is 6.04 Å². The Labute approximate surface area is 124 Å². The number of nitrogens with zero attached hydrogens (tertiary/aromatic N) is 1. The van der Waals surface area contributed by atoms with Gasteiger partial charge < -0.3 is 0 Å². The third kappa shape index (κ3) is 2.44. The van der Waals surface area contributed by atoms with Crippen LogP contribution in [0, 0.1) is 6.92 Å². The van der Waals surface area contributed by atoms with Crippen LogP contribution < -0.4 is 11.3 Å². The fourth-order valence-corrected chi connectivity index (χ4v) is 3.46. The van der Waals surface area contributed by atoms with Crippen molar-refractivity contribution in [1.29, 1.82) is 0 Å². The average Bonchev–Trinajstić information content (AvgIpc) is 2.83. The van der Waals surface area contributed by atoms with E-state index in [2.05, 4.69) is 22.5 Å². The number of aromatic nitrogens is 1. The van der Waals surface area contributed by atoms with Crippen molar-refractivity contribution in [2.45, 2.75) is 31.7 Å². The summed E-state index contributed by atoms with van der Waals surface area (Å²) in [5, 5.41) is 0.750. The Morgan fingerprint density at radius 3 is 3.00 bits per heavy atom. The molecular weight excluding hydrogens is 270 g/mol. The molecule has 1 heterocycles. The second-order valence-corrected chi connectivity index (χ2v) is 5.84. The second-order valence-electron chi connectivity index (χ2n) is 5.40. The highest BCUT2D eigenvalue weighted by molar-refractivity contribution is 6.30. The SMILES string of the molecule is Cc1cc(Cl)cc(C(NN)C2CCc3cccnc32)c1. The molecule has 0 saturated carbocycles. The molecule has 2 aromatic rings. The van der Waals surface area contributed by atoms with Gasteiger partial charge >= 0.3 is 0 Å².